The molecule has 0 fully saturated rings. The van der Waals surface area contributed by atoms with Crippen LogP contribution >= 0.6 is 11.6 Å². The molecule has 128 valence electrons. The fourth-order valence-corrected chi connectivity index (χ4v) is 2.00. The average molecular weight is 339 g/mol. The Bertz CT molecular complexity index is 531. The summed E-state index contributed by atoms with van der Waals surface area (Å²) in [5.74, 6) is 1.10. The van der Waals surface area contributed by atoms with Crippen LogP contribution in [0.1, 0.15) is 38.1 Å². The molecular formula is C17H27ClN4O. The second kappa shape index (κ2) is 10.1. The second-order valence-corrected chi connectivity index (χ2v) is 6.08. The summed E-state index contributed by atoms with van der Waals surface area (Å²) in [6.07, 6.45) is 0. The number of nitrogens with zero attached hydrogens (tertiary/aromatic N) is 1. The van der Waals surface area contributed by atoms with Crippen LogP contribution < -0.4 is 16.0 Å². The fourth-order valence-electron chi connectivity index (χ4n) is 1.78. The number of benzene rings is 1. The van der Waals surface area contributed by atoms with Crippen molar-refractivity contribution < 1.29 is 4.79 Å². The predicted molar refractivity (Wildman–Crippen MR) is 97.2 cm³/mol. The lowest BCUT2D eigenvalue weighted by atomic mass is 10.1. The highest BCUT2D eigenvalue weighted by Crippen LogP contribution is 2.14. The first-order chi connectivity index (χ1) is 11.0. The molecule has 1 rings (SSSR count). The third-order valence-electron chi connectivity index (χ3n) is 3.49. The van der Waals surface area contributed by atoms with Gasteiger partial charge in [-0.2, -0.15) is 0 Å². The molecule has 0 saturated heterocycles. The number of hydrogen-bond donors (Lipinski definition) is 3. The third-order valence-corrected chi connectivity index (χ3v) is 3.82. The van der Waals surface area contributed by atoms with Gasteiger partial charge in [0.1, 0.15) is 0 Å². The van der Waals surface area contributed by atoms with E-state index in [0.29, 0.717) is 35.6 Å². The molecule has 0 spiro atoms. The highest BCUT2D eigenvalue weighted by atomic mass is 35.5. The molecule has 0 aliphatic carbocycles. The molecule has 0 saturated carbocycles. The van der Waals surface area contributed by atoms with Gasteiger partial charge < -0.3 is 16.0 Å². The van der Waals surface area contributed by atoms with Crippen LogP contribution in [0.3, 0.4) is 0 Å². The van der Waals surface area contributed by atoms with Crippen molar-refractivity contribution in [3.63, 3.8) is 0 Å². The van der Waals surface area contributed by atoms with Crippen molar-refractivity contribution in [2.24, 2.45) is 10.9 Å². The van der Waals surface area contributed by atoms with Crippen molar-refractivity contribution in [1.29, 1.82) is 0 Å². The van der Waals surface area contributed by atoms with E-state index in [1.54, 1.807) is 24.3 Å². The van der Waals surface area contributed by atoms with Crippen LogP contribution in [0.2, 0.25) is 5.02 Å². The average Bonchev–Trinajstić information content (AvgIpc) is 2.51. The van der Waals surface area contributed by atoms with E-state index in [-0.39, 0.29) is 5.91 Å². The van der Waals surface area contributed by atoms with Gasteiger partial charge in [-0.1, -0.05) is 37.6 Å². The molecule has 0 bridgehead atoms. The minimum absolute atomic E-state index is 0.181. The maximum absolute atomic E-state index is 12.0. The second-order valence-electron chi connectivity index (χ2n) is 5.67. The van der Waals surface area contributed by atoms with E-state index < -0.39 is 0 Å². The van der Waals surface area contributed by atoms with Gasteiger partial charge in [0.25, 0.3) is 5.91 Å². The molecule has 5 nitrogen and oxygen atoms in total. The highest BCUT2D eigenvalue weighted by molar-refractivity contribution is 6.33. The number of nitrogens with one attached hydrogen (secondary N) is 3. The summed E-state index contributed by atoms with van der Waals surface area (Å²) in [7, 11) is 0. The van der Waals surface area contributed by atoms with E-state index in [1.807, 2.05) is 6.92 Å². The van der Waals surface area contributed by atoms with Crippen LogP contribution in [0.4, 0.5) is 0 Å². The van der Waals surface area contributed by atoms with Gasteiger partial charge in [0, 0.05) is 19.1 Å². The standard InChI is InChI=1S/C17H27ClN4O/c1-5-19-17(22-13(4)12(2)3)21-11-10-20-16(23)14-8-6-7-9-15(14)18/h6-9,12-13H,5,10-11H2,1-4H3,(H,20,23)(H2,19,21,22). The summed E-state index contributed by atoms with van der Waals surface area (Å²) >= 11 is 6.00. The Hall–Kier alpha value is -1.75. The molecule has 3 N–H and O–H groups in total. The number of carbonyl (C=O) groups excluding carboxylic acids is 1. The number of rotatable bonds is 7. The van der Waals surface area contributed by atoms with E-state index in [0.717, 1.165) is 12.5 Å². The maximum atomic E-state index is 12.0. The lowest BCUT2D eigenvalue weighted by molar-refractivity contribution is 0.0955. The molecule has 0 radical (unpaired) electrons. The van der Waals surface area contributed by atoms with E-state index in [2.05, 4.69) is 41.7 Å². The van der Waals surface area contributed by atoms with Crippen molar-refractivity contribution in [3.05, 3.63) is 34.9 Å². The van der Waals surface area contributed by atoms with E-state index >= 15 is 0 Å². The normalized spacial score (nSPS) is 12.9. The number of amides is 1. The Kier molecular flexibility index (Phi) is 8.48. The Morgan fingerprint density at radius 1 is 1.22 bits per heavy atom. The van der Waals surface area contributed by atoms with Crippen LogP contribution in [-0.2, 0) is 0 Å². The Balaban J connectivity index is 2.48. The fraction of sp³-hybridized carbons (Fsp3) is 0.529. The molecule has 1 amide bonds. The monoisotopic (exact) mass is 338 g/mol. The number of carbonyl (C=O) groups is 1. The molecular weight excluding hydrogens is 312 g/mol. The number of guanidine groups is 1. The van der Waals surface area contributed by atoms with Gasteiger partial charge in [-0.15, -0.1) is 0 Å². The van der Waals surface area contributed by atoms with E-state index in [9.17, 15) is 4.79 Å². The lowest BCUT2D eigenvalue weighted by Gasteiger charge is -2.20. The molecule has 1 aromatic rings. The summed E-state index contributed by atoms with van der Waals surface area (Å²) in [4.78, 5) is 16.5. The van der Waals surface area contributed by atoms with Crippen LogP contribution in [0, 0.1) is 5.92 Å². The van der Waals surface area contributed by atoms with E-state index in [1.165, 1.54) is 0 Å². The van der Waals surface area contributed by atoms with E-state index in [4.69, 9.17) is 11.6 Å². The zero-order valence-corrected chi connectivity index (χ0v) is 15.1. The largest absolute Gasteiger partial charge is 0.357 e. The molecule has 1 aromatic carbocycles. The van der Waals surface area contributed by atoms with Gasteiger partial charge in [0.15, 0.2) is 5.96 Å². The number of hydrogen-bond acceptors (Lipinski definition) is 2. The van der Waals surface area contributed by atoms with Crippen LogP contribution in [0.25, 0.3) is 0 Å². The summed E-state index contributed by atoms with van der Waals surface area (Å²) < 4.78 is 0. The van der Waals surface area contributed by atoms with Crippen molar-refractivity contribution in [3.8, 4) is 0 Å². The van der Waals surface area contributed by atoms with Crippen molar-refractivity contribution in [2.45, 2.75) is 33.7 Å². The summed E-state index contributed by atoms with van der Waals surface area (Å²) in [5.41, 5.74) is 0.483. The van der Waals surface area contributed by atoms with Gasteiger partial charge >= 0.3 is 0 Å². The summed E-state index contributed by atoms with van der Waals surface area (Å²) in [5, 5.41) is 9.83. The maximum Gasteiger partial charge on any atom is 0.252 e. The Labute approximate surface area is 143 Å². The minimum Gasteiger partial charge on any atom is -0.357 e. The molecule has 1 atom stereocenters. The third kappa shape index (κ3) is 6.91. The predicted octanol–water partition coefficient (Wildman–Crippen LogP) is 2.67. The molecule has 1 unspecified atom stereocenters. The first kappa shape index (κ1) is 19.3. The first-order valence-electron chi connectivity index (χ1n) is 8.03. The molecule has 0 heterocycles. The Morgan fingerprint density at radius 2 is 1.91 bits per heavy atom. The zero-order chi connectivity index (χ0) is 17.2. The van der Waals surface area contributed by atoms with Gasteiger partial charge in [-0.25, -0.2) is 0 Å². The first-order valence-corrected chi connectivity index (χ1v) is 8.41. The quantitative estimate of drug-likeness (QED) is 0.407. The lowest BCUT2D eigenvalue weighted by Crippen LogP contribution is -2.44. The molecule has 23 heavy (non-hydrogen) atoms. The Morgan fingerprint density at radius 3 is 2.52 bits per heavy atom. The van der Waals surface area contributed by atoms with Crippen molar-refractivity contribution in [2.75, 3.05) is 19.6 Å². The van der Waals surface area contributed by atoms with Crippen LogP contribution in [-0.4, -0.2) is 37.5 Å². The minimum atomic E-state index is -0.181. The van der Waals surface area contributed by atoms with Crippen LogP contribution in [0.5, 0.6) is 0 Å². The van der Waals surface area contributed by atoms with Gasteiger partial charge in [0.2, 0.25) is 0 Å². The van der Waals surface area contributed by atoms with Crippen molar-refractivity contribution >= 4 is 23.5 Å². The summed E-state index contributed by atoms with van der Waals surface area (Å²) in [6, 6.07) is 7.32. The highest BCUT2D eigenvalue weighted by Gasteiger charge is 2.10. The summed E-state index contributed by atoms with van der Waals surface area (Å²) in [6.45, 7) is 10.2. The van der Waals surface area contributed by atoms with Crippen LogP contribution in [0.15, 0.2) is 29.3 Å². The van der Waals surface area contributed by atoms with Crippen molar-refractivity contribution in [1.82, 2.24) is 16.0 Å². The van der Waals surface area contributed by atoms with Gasteiger partial charge in [-0.05, 0) is 31.9 Å². The molecule has 0 aromatic heterocycles. The zero-order valence-electron chi connectivity index (χ0n) is 14.3. The topological polar surface area (TPSA) is 65.5 Å². The van der Waals surface area contributed by atoms with Gasteiger partial charge in [0.05, 0.1) is 17.1 Å². The SMILES string of the molecule is CCNC(=NCCNC(=O)c1ccccc1Cl)NC(C)C(C)C. The number of aliphatic imine (C=N–C) groups is 1. The molecule has 0 aliphatic rings. The molecule has 6 heteroatoms. The van der Waals surface area contributed by atoms with Gasteiger partial charge in [-0.3, -0.25) is 9.79 Å². The smallest absolute Gasteiger partial charge is 0.252 e. The number of halogens is 1. The molecule has 0 aliphatic heterocycles.